The van der Waals surface area contributed by atoms with E-state index in [2.05, 4.69) is 32.5 Å². The summed E-state index contributed by atoms with van der Waals surface area (Å²) in [5.74, 6) is 0.825. The van der Waals surface area contributed by atoms with E-state index in [1.807, 2.05) is 24.3 Å². The summed E-state index contributed by atoms with van der Waals surface area (Å²) in [5, 5.41) is 7.48. The molecule has 0 radical (unpaired) electrons. The molecule has 0 aromatic heterocycles. The second kappa shape index (κ2) is 12.7. The summed E-state index contributed by atoms with van der Waals surface area (Å²) in [4.78, 5) is 9.25. The van der Waals surface area contributed by atoms with Gasteiger partial charge >= 0.3 is 0 Å². The minimum atomic E-state index is 0. The number of nitrogens with zero attached hydrogens (tertiary/aromatic N) is 3. The van der Waals surface area contributed by atoms with Gasteiger partial charge in [-0.2, -0.15) is 0 Å². The van der Waals surface area contributed by atoms with Crippen molar-refractivity contribution in [1.82, 2.24) is 20.4 Å². The van der Waals surface area contributed by atoms with Crippen LogP contribution in [0.25, 0.3) is 0 Å². The van der Waals surface area contributed by atoms with Crippen LogP contribution in [0.5, 0.6) is 0 Å². The summed E-state index contributed by atoms with van der Waals surface area (Å²) in [7, 11) is 4.01. The fourth-order valence-electron chi connectivity index (χ4n) is 2.87. The summed E-state index contributed by atoms with van der Waals surface area (Å²) >= 11 is 6.18. The Morgan fingerprint density at radius 2 is 1.96 bits per heavy atom. The lowest BCUT2D eigenvalue weighted by atomic mass is 10.2. The Balaban J connectivity index is 0.00000312. The predicted octanol–water partition coefficient (Wildman–Crippen LogP) is 2.65. The average molecular weight is 480 g/mol. The Morgan fingerprint density at radius 1 is 1.16 bits per heavy atom. The molecule has 1 saturated heterocycles. The number of nitrogens with one attached hydrogen (secondary N) is 2. The SMILES string of the molecule is CN=C(NCCCN1CCCN(C)CC1)NCc1ccccc1Cl.I. The van der Waals surface area contributed by atoms with E-state index in [4.69, 9.17) is 11.6 Å². The normalized spacial score (nSPS) is 16.8. The maximum atomic E-state index is 6.18. The average Bonchev–Trinajstić information content (AvgIpc) is 2.80. The van der Waals surface area contributed by atoms with Gasteiger partial charge in [0.05, 0.1) is 0 Å². The van der Waals surface area contributed by atoms with Gasteiger partial charge in [0.1, 0.15) is 0 Å². The van der Waals surface area contributed by atoms with Gasteiger partial charge in [-0.25, -0.2) is 0 Å². The third-order valence-electron chi connectivity index (χ3n) is 4.38. The maximum Gasteiger partial charge on any atom is 0.191 e. The summed E-state index contributed by atoms with van der Waals surface area (Å²) in [6.07, 6.45) is 2.39. The second-order valence-corrected chi connectivity index (χ2v) is 6.70. The summed E-state index contributed by atoms with van der Waals surface area (Å²) in [5.41, 5.74) is 1.08. The lowest BCUT2D eigenvalue weighted by molar-refractivity contribution is 0.274. The van der Waals surface area contributed by atoms with Gasteiger partial charge in [0.15, 0.2) is 5.96 Å². The monoisotopic (exact) mass is 479 g/mol. The Morgan fingerprint density at radius 3 is 2.72 bits per heavy atom. The molecule has 25 heavy (non-hydrogen) atoms. The van der Waals surface area contributed by atoms with E-state index in [1.165, 1.54) is 32.6 Å². The molecule has 1 heterocycles. The molecule has 0 atom stereocenters. The number of hydrogen-bond acceptors (Lipinski definition) is 3. The van der Waals surface area contributed by atoms with Crippen LogP contribution in [0.3, 0.4) is 0 Å². The van der Waals surface area contributed by atoms with E-state index < -0.39 is 0 Å². The topological polar surface area (TPSA) is 42.9 Å². The zero-order valence-corrected chi connectivity index (χ0v) is 18.4. The Labute approximate surface area is 174 Å². The van der Waals surface area contributed by atoms with Crippen LogP contribution in [0.15, 0.2) is 29.3 Å². The molecule has 1 aromatic rings. The van der Waals surface area contributed by atoms with Crippen molar-refractivity contribution >= 4 is 41.5 Å². The first-order valence-corrected chi connectivity index (χ1v) is 9.15. The van der Waals surface area contributed by atoms with Gasteiger partial charge in [0.25, 0.3) is 0 Å². The van der Waals surface area contributed by atoms with Crippen LogP contribution in [0, 0.1) is 0 Å². The van der Waals surface area contributed by atoms with Gasteiger partial charge < -0.3 is 20.4 Å². The molecule has 5 nitrogen and oxygen atoms in total. The first-order valence-electron chi connectivity index (χ1n) is 8.78. The number of rotatable bonds is 6. The standard InChI is InChI=1S/C18H30ClN5.HI/c1-20-18(22-15-16-7-3-4-8-17(16)19)21-9-5-11-24-12-6-10-23(2)13-14-24;/h3-4,7-8H,5-6,9-15H2,1-2H3,(H2,20,21,22);1H. The van der Waals surface area contributed by atoms with Crippen molar-refractivity contribution in [2.24, 2.45) is 4.99 Å². The zero-order chi connectivity index (χ0) is 17.2. The van der Waals surface area contributed by atoms with Crippen molar-refractivity contribution in [2.75, 3.05) is 53.4 Å². The fraction of sp³-hybridized carbons (Fsp3) is 0.611. The largest absolute Gasteiger partial charge is 0.356 e. The first-order chi connectivity index (χ1) is 11.7. The quantitative estimate of drug-likeness (QED) is 0.285. The van der Waals surface area contributed by atoms with Crippen LogP contribution < -0.4 is 10.6 Å². The third kappa shape index (κ3) is 8.57. The van der Waals surface area contributed by atoms with Crippen molar-refractivity contribution in [3.05, 3.63) is 34.9 Å². The van der Waals surface area contributed by atoms with Crippen molar-refractivity contribution < 1.29 is 0 Å². The molecule has 0 spiro atoms. The van der Waals surface area contributed by atoms with Crippen molar-refractivity contribution in [3.63, 3.8) is 0 Å². The number of halogens is 2. The molecule has 0 amide bonds. The summed E-state index contributed by atoms with van der Waals surface area (Å²) < 4.78 is 0. The molecule has 1 fully saturated rings. The van der Waals surface area contributed by atoms with Gasteiger partial charge in [0.2, 0.25) is 0 Å². The van der Waals surface area contributed by atoms with Gasteiger partial charge in [0, 0.05) is 38.2 Å². The lowest BCUT2D eigenvalue weighted by Gasteiger charge is -2.20. The van der Waals surface area contributed by atoms with E-state index in [0.29, 0.717) is 6.54 Å². The second-order valence-electron chi connectivity index (χ2n) is 6.30. The van der Waals surface area contributed by atoms with Crippen molar-refractivity contribution in [2.45, 2.75) is 19.4 Å². The molecule has 1 aliphatic rings. The summed E-state index contributed by atoms with van der Waals surface area (Å²) in [6.45, 7) is 7.52. The highest BCUT2D eigenvalue weighted by Gasteiger charge is 2.11. The van der Waals surface area contributed by atoms with Crippen LogP contribution in [-0.4, -0.2) is 69.1 Å². The van der Waals surface area contributed by atoms with Crippen LogP contribution in [0.2, 0.25) is 5.02 Å². The smallest absolute Gasteiger partial charge is 0.191 e. The molecule has 0 aliphatic carbocycles. The number of aliphatic imine (C=N–C) groups is 1. The highest BCUT2D eigenvalue weighted by molar-refractivity contribution is 14.0. The number of hydrogen-bond donors (Lipinski definition) is 2. The van der Waals surface area contributed by atoms with Crippen LogP contribution >= 0.6 is 35.6 Å². The predicted molar refractivity (Wildman–Crippen MR) is 118 cm³/mol. The minimum Gasteiger partial charge on any atom is -0.356 e. The van der Waals surface area contributed by atoms with Gasteiger partial charge in [-0.15, -0.1) is 24.0 Å². The number of likely N-dealkylation sites (N-methyl/N-ethyl adjacent to an activating group) is 1. The molecule has 0 saturated carbocycles. The maximum absolute atomic E-state index is 6.18. The van der Waals surface area contributed by atoms with Gasteiger partial charge in [-0.3, -0.25) is 4.99 Å². The zero-order valence-electron chi connectivity index (χ0n) is 15.3. The Kier molecular flexibility index (Phi) is 11.4. The molecule has 2 N–H and O–H groups in total. The molecular weight excluding hydrogens is 449 g/mol. The highest BCUT2D eigenvalue weighted by Crippen LogP contribution is 2.14. The van der Waals surface area contributed by atoms with Crippen molar-refractivity contribution in [1.29, 1.82) is 0 Å². The number of guanidine groups is 1. The molecular formula is C18H31ClIN5. The Bertz CT molecular complexity index is 526. The lowest BCUT2D eigenvalue weighted by Crippen LogP contribution is -2.38. The molecule has 0 bridgehead atoms. The Hall–Kier alpha value is -0.570. The van der Waals surface area contributed by atoms with E-state index >= 15 is 0 Å². The molecule has 142 valence electrons. The molecule has 1 aliphatic heterocycles. The van der Waals surface area contributed by atoms with Gasteiger partial charge in [-0.05, 0) is 51.2 Å². The van der Waals surface area contributed by atoms with E-state index in [9.17, 15) is 0 Å². The van der Waals surface area contributed by atoms with E-state index in [1.54, 1.807) is 7.05 Å². The third-order valence-corrected chi connectivity index (χ3v) is 4.75. The molecule has 0 unspecified atom stereocenters. The molecule has 2 rings (SSSR count). The summed E-state index contributed by atoms with van der Waals surface area (Å²) in [6, 6.07) is 7.88. The van der Waals surface area contributed by atoms with Crippen LogP contribution in [0.1, 0.15) is 18.4 Å². The van der Waals surface area contributed by atoms with Crippen LogP contribution in [-0.2, 0) is 6.54 Å². The van der Waals surface area contributed by atoms with E-state index in [-0.39, 0.29) is 24.0 Å². The first kappa shape index (κ1) is 22.5. The molecule has 1 aromatic carbocycles. The van der Waals surface area contributed by atoms with Gasteiger partial charge in [-0.1, -0.05) is 29.8 Å². The number of benzene rings is 1. The van der Waals surface area contributed by atoms with Crippen molar-refractivity contribution in [3.8, 4) is 0 Å². The van der Waals surface area contributed by atoms with E-state index in [0.717, 1.165) is 36.1 Å². The highest BCUT2D eigenvalue weighted by atomic mass is 127. The van der Waals surface area contributed by atoms with Crippen LogP contribution in [0.4, 0.5) is 0 Å². The minimum absolute atomic E-state index is 0. The fourth-order valence-corrected chi connectivity index (χ4v) is 3.08. The molecule has 7 heteroatoms.